The molecule has 2 rings (SSSR count). The molecule has 20 heavy (non-hydrogen) atoms. The van der Waals surface area contributed by atoms with Crippen LogP contribution in [0.2, 0.25) is 0 Å². The zero-order chi connectivity index (χ0) is 14.5. The lowest BCUT2D eigenvalue weighted by Crippen LogP contribution is -2.58. The Kier molecular flexibility index (Phi) is 4.73. The summed E-state index contributed by atoms with van der Waals surface area (Å²) in [4.78, 5) is 35.4. The Morgan fingerprint density at radius 1 is 1.20 bits per heavy atom. The van der Waals surface area contributed by atoms with Crippen molar-refractivity contribution >= 4 is 17.9 Å². The van der Waals surface area contributed by atoms with Crippen LogP contribution in [0.1, 0.15) is 25.7 Å². The number of carbonyl (C=O) groups is 3. The summed E-state index contributed by atoms with van der Waals surface area (Å²) in [6.45, 7) is 0.913. The van der Waals surface area contributed by atoms with Gasteiger partial charge in [0.25, 0.3) is 5.91 Å². The van der Waals surface area contributed by atoms with Crippen LogP contribution >= 0.6 is 0 Å². The lowest BCUT2D eigenvalue weighted by atomic mass is 9.90. The van der Waals surface area contributed by atoms with E-state index in [2.05, 4.69) is 5.32 Å². The number of urea groups is 1. The number of hydrogen-bond acceptors (Lipinski definition) is 4. The van der Waals surface area contributed by atoms with Crippen molar-refractivity contribution in [3.8, 4) is 0 Å². The molecule has 2 atom stereocenters. The molecule has 3 amide bonds. The Bertz CT molecular complexity index is 432. The van der Waals surface area contributed by atoms with Crippen LogP contribution in [0.5, 0.6) is 0 Å². The summed E-state index contributed by atoms with van der Waals surface area (Å²) in [5.74, 6) is -1.96. The molecule has 1 aliphatic heterocycles. The van der Waals surface area contributed by atoms with E-state index in [1.165, 1.54) is 0 Å². The molecule has 2 unspecified atom stereocenters. The molecule has 0 aromatic rings. The zero-order valence-electron chi connectivity index (χ0n) is 11.1. The van der Waals surface area contributed by atoms with Gasteiger partial charge >= 0.3 is 12.0 Å². The van der Waals surface area contributed by atoms with Crippen molar-refractivity contribution in [1.82, 2.24) is 10.2 Å². The molecule has 110 valence electrons. The minimum absolute atomic E-state index is 0.00810. The van der Waals surface area contributed by atoms with E-state index in [-0.39, 0.29) is 12.1 Å². The molecule has 0 radical (unpaired) electrons. The number of carboxylic acids is 1. The van der Waals surface area contributed by atoms with Crippen molar-refractivity contribution in [2.45, 2.75) is 37.8 Å². The van der Waals surface area contributed by atoms with Crippen molar-refractivity contribution in [2.75, 3.05) is 13.2 Å². The lowest BCUT2D eigenvalue weighted by molar-refractivity contribution is -0.131. The average molecular weight is 282 g/mol. The number of morpholine rings is 1. The normalized spacial score (nSPS) is 26.1. The molecule has 1 aliphatic carbocycles. The van der Waals surface area contributed by atoms with E-state index in [4.69, 9.17) is 9.84 Å². The summed E-state index contributed by atoms with van der Waals surface area (Å²) in [5, 5.41) is 10.6. The molecule has 1 saturated carbocycles. The van der Waals surface area contributed by atoms with Gasteiger partial charge in [0, 0.05) is 18.7 Å². The quantitative estimate of drug-likeness (QED) is 0.719. The third-order valence-corrected chi connectivity index (χ3v) is 3.60. The van der Waals surface area contributed by atoms with Crippen molar-refractivity contribution in [2.24, 2.45) is 0 Å². The van der Waals surface area contributed by atoms with E-state index < -0.39 is 17.9 Å². The molecule has 7 nitrogen and oxygen atoms in total. The fourth-order valence-corrected chi connectivity index (χ4v) is 2.71. The highest BCUT2D eigenvalue weighted by atomic mass is 16.5. The standard InChI is InChI=1S/C13H18N2O5/c16-11(5-6-12(17)18)14-13(19)15-7-8-20-10-4-2-1-3-9(10)15/h5-6,9-10H,1-4,7-8H2,(H,17,18)(H,14,16,19). The fraction of sp³-hybridized carbons (Fsp3) is 0.615. The van der Waals surface area contributed by atoms with E-state index in [9.17, 15) is 14.4 Å². The maximum atomic E-state index is 12.1. The van der Waals surface area contributed by atoms with Crippen LogP contribution in [0, 0.1) is 0 Å². The van der Waals surface area contributed by atoms with Gasteiger partial charge in [-0.3, -0.25) is 10.1 Å². The first-order valence-corrected chi connectivity index (χ1v) is 6.72. The van der Waals surface area contributed by atoms with Crippen LogP contribution in [0.4, 0.5) is 4.79 Å². The van der Waals surface area contributed by atoms with Gasteiger partial charge in [-0.2, -0.15) is 0 Å². The Hall–Kier alpha value is -1.89. The van der Waals surface area contributed by atoms with Crippen LogP contribution < -0.4 is 5.32 Å². The molecule has 2 N–H and O–H groups in total. The highest BCUT2D eigenvalue weighted by Gasteiger charge is 2.36. The number of imide groups is 1. The molecule has 2 fully saturated rings. The summed E-state index contributed by atoms with van der Waals surface area (Å²) >= 11 is 0. The van der Waals surface area contributed by atoms with Crippen LogP contribution in [0.3, 0.4) is 0 Å². The number of fused-ring (bicyclic) bond motifs is 1. The molecule has 0 spiro atoms. The number of carbonyl (C=O) groups excluding carboxylic acids is 2. The average Bonchev–Trinajstić information content (AvgIpc) is 2.44. The molecule has 0 bridgehead atoms. The molecule has 0 aromatic carbocycles. The smallest absolute Gasteiger partial charge is 0.328 e. The van der Waals surface area contributed by atoms with Crippen LogP contribution in [0.15, 0.2) is 12.2 Å². The molecular formula is C13H18N2O5. The maximum absolute atomic E-state index is 12.1. The fourth-order valence-electron chi connectivity index (χ4n) is 2.71. The topological polar surface area (TPSA) is 95.9 Å². The van der Waals surface area contributed by atoms with Gasteiger partial charge in [-0.1, -0.05) is 12.8 Å². The largest absolute Gasteiger partial charge is 0.478 e. The number of carboxylic acid groups (broad SMARTS) is 1. The second-order valence-electron chi connectivity index (χ2n) is 4.92. The van der Waals surface area contributed by atoms with Gasteiger partial charge in [0.1, 0.15) is 0 Å². The number of ether oxygens (including phenoxy) is 1. The Labute approximate surface area is 116 Å². The first-order valence-electron chi connectivity index (χ1n) is 6.72. The molecule has 0 aromatic heterocycles. The molecule has 7 heteroatoms. The first-order chi connectivity index (χ1) is 9.58. The predicted octanol–water partition coefficient (Wildman–Crippen LogP) is 0.507. The summed E-state index contributed by atoms with van der Waals surface area (Å²) in [6.07, 6.45) is 5.52. The van der Waals surface area contributed by atoms with Gasteiger partial charge < -0.3 is 14.7 Å². The van der Waals surface area contributed by atoms with Gasteiger partial charge in [-0.15, -0.1) is 0 Å². The highest BCUT2D eigenvalue weighted by molar-refractivity contribution is 6.02. The molecular weight excluding hydrogens is 264 g/mol. The number of hydrogen-bond donors (Lipinski definition) is 2. The monoisotopic (exact) mass is 282 g/mol. The first kappa shape index (κ1) is 14.5. The predicted molar refractivity (Wildman–Crippen MR) is 69.0 cm³/mol. The minimum Gasteiger partial charge on any atom is -0.478 e. The van der Waals surface area contributed by atoms with E-state index in [0.717, 1.165) is 31.8 Å². The van der Waals surface area contributed by atoms with Crippen molar-refractivity contribution in [3.63, 3.8) is 0 Å². The van der Waals surface area contributed by atoms with Gasteiger partial charge in [0.2, 0.25) is 0 Å². The van der Waals surface area contributed by atoms with E-state index >= 15 is 0 Å². The third kappa shape index (κ3) is 3.57. The zero-order valence-corrected chi connectivity index (χ0v) is 11.1. The van der Waals surface area contributed by atoms with Gasteiger partial charge in [-0.05, 0) is 12.8 Å². The second-order valence-corrected chi connectivity index (χ2v) is 4.92. The molecule has 1 heterocycles. The van der Waals surface area contributed by atoms with E-state index in [1.54, 1.807) is 4.90 Å². The lowest BCUT2D eigenvalue weighted by Gasteiger charge is -2.43. The highest BCUT2D eigenvalue weighted by Crippen LogP contribution is 2.28. The third-order valence-electron chi connectivity index (χ3n) is 3.60. The maximum Gasteiger partial charge on any atom is 0.328 e. The minimum atomic E-state index is -1.23. The molecule has 1 saturated heterocycles. The SMILES string of the molecule is O=C(O)C=CC(=O)NC(=O)N1CCOC2CCCCC21. The number of nitrogens with one attached hydrogen (secondary N) is 1. The van der Waals surface area contributed by atoms with Crippen molar-refractivity contribution in [3.05, 3.63) is 12.2 Å². The summed E-state index contributed by atoms with van der Waals surface area (Å²) in [7, 11) is 0. The molecule has 2 aliphatic rings. The van der Waals surface area contributed by atoms with E-state index in [0.29, 0.717) is 19.2 Å². The van der Waals surface area contributed by atoms with Crippen LogP contribution in [0.25, 0.3) is 0 Å². The number of amides is 3. The van der Waals surface area contributed by atoms with Crippen LogP contribution in [-0.4, -0.2) is 53.2 Å². The van der Waals surface area contributed by atoms with Crippen LogP contribution in [-0.2, 0) is 14.3 Å². The summed E-state index contributed by atoms with van der Waals surface area (Å²) in [5.41, 5.74) is 0. The second kappa shape index (κ2) is 6.51. The van der Waals surface area contributed by atoms with Crippen molar-refractivity contribution < 1.29 is 24.2 Å². The van der Waals surface area contributed by atoms with Gasteiger partial charge in [0.05, 0.1) is 18.8 Å². The van der Waals surface area contributed by atoms with Gasteiger partial charge in [-0.25, -0.2) is 9.59 Å². The van der Waals surface area contributed by atoms with E-state index in [1.807, 2.05) is 0 Å². The Balaban J connectivity index is 1.93. The number of nitrogens with zero attached hydrogens (tertiary/aromatic N) is 1. The summed E-state index contributed by atoms with van der Waals surface area (Å²) in [6, 6.07) is -0.473. The summed E-state index contributed by atoms with van der Waals surface area (Å²) < 4.78 is 5.65. The number of aliphatic carboxylic acids is 1. The Morgan fingerprint density at radius 2 is 1.95 bits per heavy atom. The Morgan fingerprint density at radius 3 is 2.70 bits per heavy atom. The number of rotatable bonds is 2. The van der Waals surface area contributed by atoms with Gasteiger partial charge in [0.15, 0.2) is 0 Å². The van der Waals surface area contributed by atoms with Crippen molar-refractivity contribution in [1.29, 1.82) is 0 Å².